The molecule has 0 unspecified atom stereocenters. The molecule has 1 rings (SSSR count). The minimum Gasteiger partial charge on any atom is -0.389 e. The van der Waals surface area contributed by atoms with Gasteiger partial charge >= 0.3 is 0 Å². The van der Waals surface area contributed by atoms with Crippen molar-refractivity contribution in [2.45, 2.75) is 27.7 Å². The molecule has 0 bridgehead atoms. The van der Waals surface area contributed by atoms with Gasteiger partial charge in [0.2, 0.25) is 0 Å². The third-order valence-corrected chi connectivity index (χ3v) is 2.57. The van der Waals surface area contributed by atoms with Crippen LogP contribution in [0.5, 0.6) is 0 Å². The molecule has 0 aliphatic rings. The zero-order chi connectivity index (χ0) is 13.2. The van der Waals surface area contributed by atoms with Gasteiger partial charge in [0.1, 0.15) is 10.8 Å². The number of hydrogen-bond acceptors (Lipinski definition) is 3. The molecule has 0 saturated heterocycles. The van der Waals surface area contributed by atoms with Crippen molar-refractivity contribution in [1.29, 1.82) is 0 Å². The second-order valence-corrected chi connectivity index (χ2v) is 6.04. The lowest BCUT2D eigenvalue weighted by molar-refractivity contribution is 0.417. The van der Waals surface area contributed by atoms with E-state index in [2.05, 4.69) is 30.7 Å². The van der Waals surface area contributed by atoms with Gasteiger partial charge in [-0.05, 0) is 24.5 Å². The summed E-state index contributed by atoms with van der Waals surface area (Å²) in [5.74, 6) is 0.868. The maximum atomic E-state index is 5.73. The zero-order valence-electron chi connectivity index (χ0n) is 11.2. The minimum atomic E-state index is 0.202. The van der Waals surface area contributed by atoms with Crippen LogP contribution < -0.4 is 10.6 Å². The average molecular weight is 251 g/mol. The van der Waals surface area contributed by atoms with E-state index in [1.807, 2.05) is 26.1 Å². The molecule has 0 aliphatic heterocycles. The van der Waals surface area contributed by atoms with E-state index >= 15 is 0 Å². The van der Waals surface area contributed by atoms with Gasteiger partial charge in [0.15, 0.2) is 0 Å². The Labute approximate surface area is 109 Å². The van der Waals surface area contributed by atoms with Crippen molar-refractivity contribution in [3.8, 4) is 0 Å². The minimum absolute atomic E-state index is 0.202. The van der Waals surface area contributed by atoms with Gasteiger partial charge in [-0.3, -0.25) is 0 Å². The number of thiocarbonyl (C=S) groups is 1. The summed E-state index contributed by atoms with van der Waals surface area (Å²) in [5.41, 5.74) is 7.75. The Morgan fingerprint density at radius 2 is 2.00 bits per heavy atom. The molecule has 1 aromatic heterocycles. The maximum absolute atomic E-state index is 5.73. The standard InChI is InChI=1S/C13H21N3S/c1-9-6-7-10(11(14)17)12(15-9)16(5)8-13(2,3)4/h6-7H,8H2,1-5H3,(H2,14,17). The van der Waals surface area contributed by atoms with Crippen molar-refractivity contribution < 1.29 is 0 Å². The van der Waals surface area contributed by atoms with Crippen LogP contribution in [-0.4, -0.2) is 23.6 Å². The molecule has 0 spiro atoms. The lowest BCUT2D eigenvalue weighted by atomic mass is 9.96. The third kappa shape index (κ3) is 3.97. The first kappa shape index (κ1) is 13.9. The van der Waals surface area contributed by atoms with E-state index in [0.717, 1.165) is 23.6 Å². The first-order valence-electron chi connectivity index (χ1n) is 5.69. The van der Waals surface area contributed by atoms with Crippen LogP contribution >= 0.6 is 12.2 Å². The normalized spacial score (nSPS) is 11.4. The molecular formula is C13H21N3S. The summed E-state index contributed by atoms with van der Waals surface area (Å²) in [4.78, 5) is 7.05. The highest BCUT2D eigenvalue weighted by Crippen LogP contribution is 2.22. The zero-order valence-corrected chi connectivity index (χ0v) is 12.1. The number of aryl methyl sites for hydroxylation is 1. The molecule has 0 aromatic carbocycles. The number of aromatic nitrogens is 1. The van der Waals surface area contributed by atoms with E-state index in [9.17, 15) is 0 Å². The molecule has 1 aromatic rings. The topological polar surface area (TPSA) is 42.1 Å². The van der Waals surface area contributed by atoms with Crippen molar-refractivity contribution in [2.24, 2.45) is 11.1 Å². The predicted molar refractivity (Wildman–Crippen MR) is 77.6 cm³/mol. The quantitative estimate of drug-likeness (QED) is 0.838. The van der Waals surface area contributed by atoms with Crippen LogP contribution in [0, 0.1) is 12.3 Å². The highest BCUT2D eigenvalue weighted by Gasteiger charge is 2.18. The number of nitrogens with zero attached hydrogens (tertiary/aromatic N) is 2. The number of rotatable bonds is 3. The lowest BCUT2D eigenvalue weighted by Crippen LogP contribution is -2.31. The Morgan fingerprint density at radius 3 is 2.47 bits per heavy atom. The van der Waals surface area contributed by atoms with Crippen LogP contribution in [0.3, 0.4) is 0 Å². The summed E-state index contributed by atoms with van der Waals surface area (Å²) < 4.78 is 0. The summed E-state index contributed by atoms with van der Waals surface area (Å²) in [7, 11) is 2.02. The van der Waals surface area contributed by atoms with Gasteiger partial charge in [0, 0.05) is 19.3 Å². The second kappa shape index (κ2) is 5.00. The highest BCUT2D eigenvalue weighted by molar-refractivity contribution is 7.80. The highest BCUT2D eigenvalue weighted by atomic mass is 32.1. The Balaban J connectivity index is 3.10. The molecule has 0 fully saturated rings. The van der Waals surface area contributed by atoms with E-state index in [1.165, 1.54) is 0 Å². The van der Waals surface area contributed by atoms with Gasteiger partial charge in [0.05, 0.1) is 5.56 Å². The van der Waals surface area contributed by atoms with Crippen LogP contribution in [0.1, 0.15) is 32.0 Å². The molecule has 4 heteroatoms. The third-order valence-electron chi connectivity index (χ3n) is 2.35. The first-order valence-corrected chi connectivity index (χ1v) is 6.10. The molecule has 0 aliphatic carbocycles. The summed E-state index contributed by atoms with van der Waals surface area (Å²) in [6, 6.07) is 3.88. The fraction of sp³-hybridized carbons (Fsp3) is 0.538. The number of anilines is 1. The molecule has 0 radical (unpaired) electrons. The Morgan fingerprint density at radius 1 is 1.41 bits per heavy atom. The van der Waals surface area contributed by atoms with Crippen molar-refractivity contribution in [1.82, 2.24) is 4.98 Å². The molecule has 1 heterocycles. The SMILES string of the molecule is Cc1ccc(C(N)=S)c(N(C)CC(C)(C)C)n1. The first-order chi connectivity index (χ1) is 7.70. The summed E-state index contributed by atoms with van der Waals surface area (Å²) >= 11 is 5.06. The summed E-state index contributed by atoms with van der Waals surface area (Å²) in [6.07, 6.45) is 0. The monoisotopic (exact) mass is 251 g/mol. The van der Waals surface area contributed by atoms with E-state index in [1.54, 1.807) is 0 Å². The van der Waals surface area contributed by atoms with E-state index in [-0.39, 0.29) is 5.41 Å². The summed E-state index contributed by atoms with van der Waals surface area (Å²) in [5, 5.41) is 0. The van der Waals surface area contributed by atoms with Gasteiger partial charge in [-0.2, -0.15) is 0 Å². The molecule has 3 nitrogen and oxygen atoms in total. The van der Waals surface area contributed by atoms with Crippen LogP contribution in [0.2, 0.25) is 0 Å². The van der Waals surface area contributed by atoms with Crippen LogP contribution in [0.4, 0.5) is 5.82 Å². The molecule has 94 valence electrons. The Kier molecular flexibility index (Phi) is 4.09. The van der Waals surface area contributed by atoms with E-state index < -0.39 is 0 Å². The smallest absolute Gasteiger partial charge is 0.138 e. The Bertz CT molecular complexity index is 421. The van der Waals surface area contributed by atoms with E-state index in [0.29, 0.717) is 4.99 Å². The Hall–Kier alpha value is -1.16. The van der Waals surface area contributed by atoms with Gasteiger partial charge in [-0.15, -0.1) is 0 Å². The van der Waals surface area contributed by atoms with Crippen molar-refractivity contribution in [3.63, 3.8) is 0 Å². The molecular weight excluding hydrogens is 230 g/mol. The van der Waals surface area contributed by atoms with Crippen LogP contribution in [0.25, 0.3) is 0 Å². The summed E-state index contributed by atoms with van der Waals surface area (Å²) in [6.45, 7) is 9.45. The van der Waals surface area contributed by atoms with Gasteiger partial charge < -0.3 is 10.6 Å². The van der Waals surface area contributed by atoms with Crippen molar-refractivity contribution >= 4 is 23.0 Å². The largest absolute Gasteiger partial charge is 0.389 e. The molecule has 0 atom stereocenters. The number of hydrogen-bond donors (Lipinski definition) is 1. The molecule has 2 N–H and O–H groups in total. The fourth-order valence-corrected chi connectivity index (χ4v) is 1.97. The van der Waals surface area contributed by atoms with E-state index in [4.69, 9.17) is 18.0 Å². The fourth-order valence-electron chi connectivity index (χ4n) is 1.81. The van der Waals surface area contributed by atoms with Gasteiger partial charge in [-0.1, -0.05) is 33.0 Å². The van der Waals surface area contributed by atoms with Crippen LogP contribution in [-0.2, 0) is 0 Å². The average Bonchev–Trinajstić information content (AvgIpc) is 2.14. The van der Waals surface area contributed by atoms with Crippen LogP contribution in [0.15, 0.2) is 12.1 Å². The molecule has 0 saturated carbocycles. The van der Waals surface area contributed by atoms with Gasteiger partial charge in [-0.25, -0.2) is 4.98 Å². The number of nitrogens with two attached hydrogens (primary N) is 1. The predicted octanol–water partition coefficient (Wildman–Crippen LogP) is 2.51. The molecule has 17 heavy (non-hydrogen) atoms. The van der Waals surface area contributed by atoms with Gasteiger partial charge in [0.25, 0.3) is 0 Å². The number of pyridine rings is 1. The molecule has 0 amide bonds. The van der Waals surface area contributed by atoms with Crippen molar-refractivity contribution in [2.75, 3.05) is 18.5 Å². The lowest BCUT2D eigenvalue weighted by Gasteiger charge is -2.28. The maximum Gasteiger partial charge on any atom is 0.138 e. The second-order valence-electron chi connectivity index (χ2n) is 5.60. The van der Waals surface area contributed by atoms with Crippen molar-refractivity contribution in [3.05, 3.63) is 23.4 Å².